The number of aryl methyl sites for hydroxylation is 2. The molecule has 1 aliphatic heterocycles. The molecule has 0 bridgehead atoms. The van der Waals surface area contributed by atoms with Gasteiger partial charge in [0.1, 0.15) is 5.52 Å². The molecule has 0 N–H and O–H groups in total. The van der Waals surface area contributed by atoms with E-state index in [1.165, 1.54) is 0 Å². The van der Waals surface area contributed by atoms with Crippen molar-refractivity contribution in [2.24, 2.45) is 14.1 Å². The van der Waals surface area contributed by atoms with E-state index in [1.807, 2.05) is 64.4 Å². The summed E-state index contributed by atoms with van der Waals surface area (Å²) >= 11 is 0. The van der Waals surface area contributed by atoms with Crippen LogP contribution in [0.15, 0.2) is 23.3 Å². The molecule has 1 saturated heterocycles. The van der Waals surface area contributed by atoms with Crippen molar-refractivity contribution in [1.82, 2.24) is 9.13 Å². The molecule has 3 rings (SSSR count). The maximum absolute atomic E-state index is 12.3. The molecular weight excluding hydrogens is 310 g/mol. The first-order valence-electron chi connectivity index (χ1n) is 7.72. The number of hydrogen-bond acceptors (Lipinski definition) is 3. The number of rotatable bonds is 1. The van der Waals surface area contributed by atoms with Crippen LogP contribution in [0.2, 0.25) is 0 Å². The predicted molar refractivity (Wildman–Crippen MR) is 99.5 cm³/mol. The van der Waals surface area contributed by atoms with E-state index in [0.29, 0.717) is 5.52 Å². The summed E-state index contributed by atoms with van der Waals surface area (Å²) < 4.78 is 15.7. The third-order valence-electron chi connectivity index (χ3n) is 4.75. The second kappa shape index (κ2) is 6.08. The second-order valence-corrected chi connectivity index (χ2v) is 6.78. The molecule has 0 aromatic carbocycles. The van der Waals surface area contributed by atoms with Gasteiger partial charge >= 0.3 is 7.12 Å². The van der Waals surface area contributed by atoms with Gasteiger partial charge in [-0.1, -0.05) is 6.66 Å². The first-order valence-corrected chi connectivity index (χ1v) is 8.87. The van der Waals surface area contributed by atoms with Gasteiger partial charge in [0.05, 0.1) is 11.2 Å². The molecule has 1 aliphatic rings. The number of fused-ring (bicyclic) bond motifs is 1. The highest BCUT2D eigenvalue weighted by Crippen LogP contribution is 2.36. The van der Waals surface area contributed by atoms with E-state index in [9.17, 15) is 4.79 Å². The van der Waals surface area contributed by atoms with Crippen molar-refractivity contribution in [2.75, 3.05) is 6.66 Å². The lowest BCUT2D eigenvalue weighted by atomic mass is 9.78. The lowest BCUT2D eigenvalue weighted by Crippen LogP contribution is -2.41. The summed E-state index contributed by atoms with van der Waals surface area (Å²) in [5.41, 5.74) is 0.759. The smallest absolute Gasteiger partial charge is 0.399 e. The third kappa shape index (κ3) is 2.88. The third-order valence-corrected chi connectivity index (χ3v) is 4.75. The maximum atomic E-state index is 12.3. The summed E-state index contributed by atoms with van der Waals surface area (Å²) in [5.74, 6) is 0. The SMILES string of the molecule is CP.Cn1cc(B2OC(C)(C)C(C)(C)O2)c2ccn(C)c2c1=O. The fourth-order valence-corrected chi connectivity index (χ4v) is 2.69. The van der Waals surface area contributed by atoms with Gasteiger partial charge in [0.15, 0.2) is 0 Å². The van der Waals surface area contributed by atoms with Crippen molar-refractivity contribution in [1.29, 1.82) is 0 Å². The van der Waals surface area contributed by atoms with Crippen LogP contribution in [0.25, 0.3) is 10.9 Å². The Morgan fingerprint density at radius 1 is 1.04 bits per heavy atom. The van der Waals surface area contributed by atoms with E-state index in [4.69, 9.17) is 9.31 Å². The quantitative estimate of drug-likeness (QED) is 0.588. The minimum absolute atomic E-state index is 0.0160. The van der Waals surface area contributed by atoms with Crippen LogP contribution < -0.4 is 11.0 Å². The standard InChI is InChI=1S/C15H21BN2O3.CH5P/c1-14(2)15(3,4)21-16(20-14)11-9-18(6)13(19)12-10(11)7-8-17(12)5;1-2/h7-9H,1-6H3;2H2,1H3. The Labute approximate surface area is 140 Å². The Bertz CT molecular complexity index is 763. The van der Waals surface area contributed by atoms with Gasteiger partial charge in [-0.25, -0.2) is 0 Å². The van der Waals surface area contributed by atoms with Crippen molar-refractivity contribution >= 4 is 32.7 Å². The Morgan fingerprint density at radius 2 is 1.57 bits per heavy atom. The van der Waals surface area contributed by atoms with Gasteiger partial charge in [0.25, 0.3) is 5.56 Å². The Hall–Kier alpha value is -1.10. The van der Waals surface area contributed by atoms with Crippen molar-refractivity contribution < 1.29 is 9.31 Å². The molecule has 126 valence electrons. The molecule has 1 atom stereocenters. The van der Waals surface area contributed by atoms with Crippen molar-refractivity contribution in [3.8, 4) is 0 Å². The summed E-state index contributed by atoms with van der Waals surface area (Å²) in [6.45, 7) is 10.0. The molecule has 2 aromatic heterocycles. The molecular formula is C16H26BN2O3P. The van der Waals surface area contributed by atoms with Crippen molar-refractivity contribution in [3.05, 3.63) is 28.8 Å². The zero-order valence-corrected chi connectivity index (χ0v) is 16.2. The molecule has 7 heteroatoms. The van der Waals surface area contributed by atoms with E-state index in [1.54, 1.807) is 11.6 Å². The van der Waals surface area contributed by atoms with Gasteiger partial charge in [-0.15, -0.1) is 9.24 Å². The molecule has 1 fully saturated rings. The number of pyridine rings is 1. The maximum Gasteiger partial charge on any atom is 0.497 e. The van der Waals surface area contributed by atoms with Crippen LogP contribution in [-0.4, -0.2) is 34.1 Å². The van der Waals surface area contributed by atoms with E-state index in [2.05, 4.69) is 9.24 Å². The van der Waals surface area contributed by atoms with Crippen LogP contribution in [0.5, 0.6) is 0 Å². The minimum Gasteiger partial charge on any atom is -0.399 e. The summed E-state index contributed by atoms with van der Waals surface area (Å²) in [7, 11) is 5.58. The topological polar surface area (TPSA) is 45.4 Å². The summed E-state index contributed by atoms with van der Waals surface area (Å²) in [6, 6.07) is 1.94. The molecule has 1 unspecified atom stereocenters. The number of hydrogen-bond donors (Lipinski definition) is 0. The average molecular weight is 336 g/mol. The Morgan fingerprint density at radius 3 is 2.09 bits per heavy atom. The number of nitrogens with zero attached hydrogens (tertiary/aromatic N) is 2. The van der Waals surface area contributed by atoms with Gasteiger partial charge in [-0.3, -0.25) is 4.79 Å². The molecule has 3 heterocycles. The van der Waals surface area contributed by atoms with E-state index in [0.717, 1.165) is 10.8 Å². The lowest BCUT2D eigenvalue weighted by molar-refractivity contribution is 0.00578. The van der Waals surface area contributed by atoms with Crippen molar-refractivity contribution in [2.45, 2.75) is 38.9 Å². The zero-order chi connectivity index (χ0) is 17.6. The Balaban J connectivity index is 0.000000924. The minimum atomic E-state index is -0.466. The van der Waals surface area contributed by atoms with Crippen LogP contribution in [0.3, 0.4) is 0 Å². The molecule has 5 nitrogen and oxygen atoms in total. The largest absolute Gasteiger partial charge is 0.497 e. The lowest BCUT2D eigenvalue weighted by Gasteiger charge is -2.32. The molecule has 23 heavy (non-hydrogen) atoms. The first kappa shape index (κ1) is 18.2. The van der Waals surface area contributed by atoms with Crippen LogP contribution in [0, 0.1) is 0 Å². The van der Waals surface area contributed by atoms with Crippen LogP contribution >= 0.6 is 9.24 Å². The number of aromatic nitrogens is 2. The second-order valence-electron chi connectivity index (χ2n) is 6.78. The van der Waals surface area contributed by atoms with Gasteiger partial charge in [0, 0.05) is 37.3 Å². The zero-order valence-electron chi connectivity index (χ0n) is 15.0. The van der Waals surface area contributed by atoms with Crippen molar-refractivity contribution in [3.63, 3.8) is 0 Å². The molecule has 0 aliphatic carbocycles. The summed E-state index contributed by atoms with van der Waals surface area (Å²) in [4.78, 5) is 12.3. The highest BCUT2D eigenvalue weighted by Gasteiger charge is 2.52. The predicted octanol–water partition coefficient (Wildman–Crippen LogP) is 1.67. The van der Waals surface area contributed by atoms with Gasteiger partial charge in [-0.05, 0) is 33.8 Å². The average Bonchev–Trinajstić information content (AvgIpc) is 2.95. The van der Waals surface area contributed by atoms with Crippen LogP contribution in [0.1, 0.15) is 27.7 Å². The van der Waals surface area contributed by atoms with E-state index >= 15 is 0 Å². The fraction of sp³-hybridized carbons (Fsp3) is 0.562. The van der Waals surface area contributed by atoms with Crippen LogP contribution in [-0.2, 0) is 23.4 Å². The highest BCUT2D eigenvalue weighted by atomic mass is 31.0. The first-order chi connectivity index (χ1) is 10.6. The van der Waals surface area contributed by atoms with Gasteiger partial charge in [0.2, 0.25) is 0 Å². The van der Waals surface area contributed by atoms with Gasteiger partial charge < -0.3 is 18.4 Å². The summed E-state index contributed by atoms with van der Waals surface area (Å²) in [5, 5.41) is 0.888. The molecule has 0 amide bonds. The van der Waals surface area contributed by atoms with E-state index < -0.39 is 18.3 Å². The van der Waals surface area contributed by atoms with Gasteiger partial charge in [-0.2, -0.15) is 0 Å². The molecule has 2 aromatic rings. The monoisotopic (exact) mass is 336 g/mol. The Kier molecular flexibility index (Phi) is 4.82. The molecule has 0 saturated carbocycles. The summed E-state index contributed by atoms with van der Waals surface area (Å²) in [6.07, 6.45) is 3.70. The fourth-order valence-electron chi connectivity index (χ4n) is 2.69. The molecule has 0 spiro atoms. The van der Waals surface area contributed by atoms with Crippen LogP contribution in [0.4, 0.5) is 0 Å². The molecule has 0 radical (unpaired) electrons. The highest BCUT2D eigenvalue weighted by molar-refractivity contribution is 7.15. The normalized spacial score (nSPS) is 18.9. The van der Waals surface area contributed by atoms with E-state index in [-0.39, 0.29) is 5.56 Å².